The number of carbonyl (C=O) groups excluding carboxylic acids is 1. The van der Waals surface area contributed by atoms with Gasteiger partial charge in [-0.05, 0) is 31.2 Å². The van der Waals surface area contributed by atoms with E-state index < -0.39 is 0 Å². The fourth-order valence-electron chi connectivity index (χ4n) is 1.78. The van der Waals surface area contributed by atoms with Crippen molar-refractivity contribution >= 4 is 5.78 Å². The molecule has 17 heavy (non-hydrogen) atoms. The van der Waals surface area contributed by atoms with E-state index in [-0.39, 0.29) is 12.2 Å². The fourth-order valence-corrected chi connectivity index (χ4v) is 1.78. The largest absolute Gasteiger partial charge is 0.294 e. The lowest BCUT2D eigenvalue weighted by Crippen LogP contribution is -2.06. The Bertz CT molecular complexity index is 539. The van der Waals surface area contributed by atoms with Crippen LogP contribution < -0.4 is 0 Å². The zero-order valence-electron chi connectivity index (χ0n) is 10.1. The molecule has 0 radical (unpaired) electrons. The predicted octanol–water partition coefficient (Wildman–Crippen LogP) is 1.25. The van der Waals surface area contributed by atoms with Crippen molar-refractivity contribution in [3.8, 4) is 0 Å². The first-order valence-electron chi connectivity index (χ1n) is 5.39. The molecule has 0 atom stereocenters. The second-order valence-corrected chi connectivity index (χ2v) is 4.17. The lowest BCUT2D eigenvalue weighted by Gasteiger charge is -2.02. The van der Waals surface area contributed by atoms with E-state index in [1.165, 1.54) is 4.80 Å². The third kappa shape index (κ3) is 2.75. The van der Waals surface area contributed by atoms with Gasteiger partial charge in [0.05, 0.1) is 13.5 Å². The number of carbonyl (C=O) groups is 1. The van der Waals surface area contributed by atoms with E-state index >= 15 is 0 Å². The normalized spacial score (nSPS) is 10.5. The number of tetrazole rings is 1. The average molecular weight is 230 g/mol. The summed E-state index contributed by atoms with van der Waals surface area (Å²) in [6.45, 7) is 3.95. The molecular formula is C12H14N4O. The molecule has 1 aromatic carbocycles. The van der Waals surface area contributed by atoms with Crippen molar-refractivity contribution in [2.24, 2.45) is 7.05 Å². The molecule has 0 unspecified atom stereocenters. The van der Waals surface area contributed by atoms with Crippen molar-refractivity contribution in [3.05, 3.63) is 40.7 Å². The van der Waals surface area contributed by atoms with Crippen molar-refractivity contribution < 1.29 is 4.79 Å². The van der Waals surface area contributed by atoms with Gasteiger partial charge >= 0.3 is 0 Å². The average Bonchev–Trinajstić information content (AvgIpc) is 2.62. The van der Waals surface area contributed by atoms with Crippen LogP contribution in [0.5, 0.6) is 0 Å². The second-order valence-electron chi connectivity index (χ2n) is 4.17. The number of ketones is 1. The van der Waals surface area contributed by atoms with Gasteiger partial charge in [0.15, 0.2) is 11.6 Å². The summed E-state index contributed by atoms with van der Waals surface area (Å²) < 4.78 is 0. The molecule has 0 aliphatic rings. The maximum Gasteiger partial charge on any atom is 0.182 e. The van der Waals surface area contributed by atoms with Gasteiger partial charge in [-0.25, -0.2) is 0 Å². The third-order valence-electron chi connectivity index (χ3n) is 2.41. The summed E-state index contributed by atoms with van der Waals surface area (Å²) in [7, 11) is 1.68. The quantitative estimate of drug-likeness (QED) is 0.744. The Hall–Kier alpha value is -2.04. The van der Waals surface area contributed by atoms with E-state index in [1.807, 2.05) is 32.0 Å². The number of aryl methyl sites for hydroxylation is 3. The van der Waals surface area contributed by atoms with Crippen LogP contribution in [0.1, 0.15) is 27.3 Å². The van der Waals surface area contributed by atoms with Gasteiger partial charge in [-0.3, -0.25) is 4.79 Å². The van der Waals surface area contributed by atoms with Crippen molar-refractivity contribution in [2.75, 3.05) is 0 Å². The lowest BCUT2D eigenvalue weighted by molar-refractivity contribution is 0.0990. The number of aromatic nitrogens is 4. The van der Waals surface area contributed by atoms with Crippen LogP contribution in [0.3, 0.4) is 0 Å². The number of benzene rings is 1. The molecule has 0 aliphatic heterocycles. The van der Waals surface area contributed by atoms with E-state index in [0.29, 0.717) is 11.4 Å². The monoisotopic (exact) mass is 230 g/mol. The molecule has 0 aliphatic carbocycles. The van der Waals surface area contributed by atoms with Crippen LogP contribution in [-0.2, 0) is 13.5 Å². The summed E-state index contributed by atoms with van der Waals surface area (Å²) in [6, 6.07) is 5.80. The molecule has 5 heteroatoms. The molecule has 0 bridgehead atoms. The Balaban J connectivity index is 2.19. The lowest BCUT2D eigenvalue weighted by atomic mass is 10.0. The van der Waals surface area contributed by atoms with Crippen LogP contribution >= 0.6 is 0 Å². The summed E-state index contributed by atoms with van der Waals surface area (Å²) in [6.07, 6.45) is 0.191. The van der Waals surface area contributed by atoms with Crippen molar-refractivity contribution in [2.45, 2.75) is 20.3 Å². The molecule has 0 fully saturated rings. The number of Topliss-reactive ketones (excluding diaryl/α,β-unsaturated/α-hetero) is 1. The van der Waals surface area contributed by atoms with Gasteiger partial charge in [0.2, 0.25) is 0 Å². The molecule has 2 aromatic rings. The molecule has 1 aromatic heterocycles. The van der Waals surface area contributed by atoms with Crippen LogP contribution in [0.15, 0.2) is 18.2 Å². The zero-order chi connectivity index (χ0) is 12.4. The highest BCUT2D eigenvalue weighted by atomic mass is 16.1. The molecule has 0 saturated heterocycles. The van der Waals surface area contributed by atoms with Crippen molar-refractivity contribution in [3.63, 3.8) is 0 Å². The van der Waals surface area contributed by atoms with Crippen LogP contribution in [0, 0.1) is 13.8 Å². The van der Waals surface area contributed by atoms with Crippen LogP contribution in [0.2, 0.25) is 0 Å². The molecule has 88 valence electrons. The van der Waals surface area contributed by atoms with Crippen LogP contribution in [0.4, 0.5) is 0 Å². The van der Waals surface area contributed by atoms with E-state index in [4.69, 9.17) is 0 Å². The van der Waals surface area contributed by atoms with Crippen LogP contribution in [-0.4, -0.2) is 26.0 Å². The van der Waals surface area contributed by atoms with Crippen molar-refractivity contribution in [1.29, 1.82) is 0 Å². The summed E-state index contributed by atoms with van der Waals surface area (Å²) >= 11 is 0. The molecule has 0 amide bonds. The minimum atomic E-state index is 0.0183. The molecule has 0 saturated carbocycles. The van der Waals surface area contributed by atoms with Gasteiger partial charge in [-0.15, -0.1) is 10.2 Å². The van der Waals surface area contributed by atoms with Crippen LogP contribution in [0.25, 0.3) is 0 Å². The first-order chi connectivity index (χ1) is 8.04. The second kappa shape index (κ2) is 4.45. The summed E-state index contributed by atoms with van der Waals surface area (Å²) in [4.78, 5) is 13.4. The molecule has 0 N–H and O–H groups in total. The zero-order valence-corrected chi connectivity index (χ0v) is 10.1. The number of nitrogens with zero attached hydrogens (tertiary/aromatic N) is 4. The van der Waals surface area contributed by atoms with E-state index in [9.17, 15) is 4.79 Å². The van der Waals surface area contributed by atoms with E-state index in [0.717, 1.165) is 11.1 Å². The Morgan fingerprint density at radius 1 is 1.24 bits per heavy atom. The minimum absolute atomic E-state index is 0.0183. The summed E-state index contributed by atoms with van der Waals surface area (Å²) in [5.41, 5.74) is 2.87. The first-order valence-corrected chi connectivity index (χ1v) is 5.39. The topological polar surface area (TPSA) is 60.7 Å². The van der Waals surface area contributed by atoms with Gasteiger partial charge in [0.1, 0.15) is 0 Å². The summed E-state index contributed by atoms with van der Waals surface area (Å²) in [5, 5.41) is 11.5. The first kappa shape index (κ1) is 11.4. The Labute approximate surface area is 99.5 Å². The maximum absolute atomic E-state index is 12.0. The Kier molecular flexibility index (Phi) is 2.99. The van der Waals surface area contributed by atoms with Gasteiger partial charge < -0.3 is 0 Å². The highest BCUT2D eigenvalue weighted by Gasteiger charge is 2.11. The number of rotatable bonds is 3. The van der Waals surface area contributed by atoms with Gasteiger partial charge in [-0.1, -0.05) is 17.2 Å². The molecule has 0 spiro atoms. The Morgan fingerprint density at radius 3 is 2.41 bits per heavy atom. The summed E-state index contributed by atoms with van der Waals surface area (Å²) in [5.74, 6) is 0.474. The predicted molar refractivity (Wildman–Crippen MR) is 62.7 cm³/mol. The fraction of sp³-hybridized carbons (Fsp3) is 0.333. The van der Waals surface area contributed by atoms with Gasteiger partial charge in [0.25, 0.3) is 0 Å². The standard InChI is InChI=1S/C12H14N4O/c1-8-4-9(2)6-10(5-8)11(17)7-12-13-15-16(3)14-12/h4-6H,7H2,1-3H3. The maximum atomic E-state index is 12.0. The molecule has 5 nitrogen and oxygen atoms in total. The molecule has 2 rings (SSSR count). The molecule has 1 heterocycles. The number of hydrogen-bond acceptors (Lipinski definition) is 4. The SMILES string of the molecule is Cc1cc(C)cc(C(=O)Cc2nnn(C)n2)c1. The highest BCUT2D eigenvalue weighted by Crippen LogP contribution is 2.10. The minimum Gasteiger partial charge on any atom is -0.294 e. The third-order valence-corrected chi connectivity index (χ3v) is 2.41. The smallest absolute Gasteiger partial charge is 0.182 e. The number of hydrogen-bond donors (Lipinski definition) is 0. The highest BCUT2D eigenvalue weighted by molar-refractivity contribution is 5.97. The van der Waals surface area contributed by atoms with Gasteiger partial charge in [-0.2, -0.15) is 4.80 Å². The van der Waals surface area contributed by atoms with E-state index in [2.05, 4.69) is 15.4 Å². The van der Waals surface area contributed by atoms with Crippen molar-refractivity contribution in [1.82, 2.24) is 20.2 Å². The Morgan fingerprint density at radius 2 is 1.88 bits per heavy atom. The van der Waals surface area contributed by atoms with Gasteiger partial charge in [0, 0.05) is 5.56 Å². The molecular weight excluding hydrogens is 216 g/mol. The van der Waals surface area contributed by atoms with E-state index in [1.54, 1.807) is 7.05 Å².